The van der Waals surface area contributed by atoms with Crippen LogP contribution in [0.25, 0.3) is 0 Å². The minimum absolute atomic E-state index is 0.314. The molecular weight excluding hydrogens is 376 g/mol. The summed E-state index contributed by atoms with van der Waals surface area (Å²) < 4.78 is 11.0. The van der Waals surface area contributed by atoms with Crippen LogP contribution in [0.1, 0.15) is 35.3 Å². The van der Waals surface area contributed by atoms with Crippen molar-refractivity contribution in [1.82, 2.24) is 9.80 Å². The van der Waals surface area contributed by atoms with Crippen molar-refractivity contribution in [1.29, 1.82) is 0 Å². The molecule has 4 nitrogen and oxygen atoms in total. The number of aryl methyl sites for hydroxylation is 1. The van der Waals surface area contributed by atoms with E-state index in [1.54, 1.807) is 0 Å². The second-order valence-corrected chi connectivity index (χ2v) is 8.70. The zero-order chi connectivity index (χ0) is 18.6. The lowest BCUT2D eigenvalue weighted by Crippen LogP contribution is -2.28. The first kappa shape index (κ1) is 18.7. The SMILES string of the molecule is CN(CCCCc1cccs1)CCCN1Cc2cc3c(cc2C1=S)OCO3. The topological polar surface area (TPSA) is 24.9 Å². The largest absolute Gasteiger partial charge is 0.454 e. The molecule has 0 unspecified atom stereocenters. The second-order valence-electron chi connectivity index (χ2n) is 7.28. The van der Waals surface area contributed by atoms with E-state index in [2.05, 4.69) is 40.4 Å². The van der Waals surface area contributed by atoms with Gasteiger partial charge < -0.3 is 19.3 Å². The van der Waals surface area contributed by atoms with Crippen LogP contribution in [0, 0.1) is 0 Å². The molecule has 2 aliphatic rings. The minimum atomic E-state index is 0.314. The minimum Gasteiger partial charge on any atom is -0.454 e. The fourth-order valence-electron chi connectivity index (χ4n) is 3.72. The van der Waals surface area contributed by atoms with Crippen LogP contribution in [-0.2, 0) is 13.0 Å². The molecule has 0 spiro atoms. The maximum atomic E-state index is 5.69. The van der Waals surface area contributed by atoms with Crippen molar-refractivity contribution in [3.05, 3.63) is 45.6 Å². The lowest BCUT2D eigenvalue weighted by molar-refractivity contribution is 0.174. The van der Waals surface area contributed by atoms with Gasteiger partial charge in [0.15, 0.2) is 11.5 Å². The quantitative estimate of drug-likeness (QED) is 0.460. The third kappa shape index (κ3) is 4.45. The van der Waals surface area contributed by atoms with Gasteiger partial charge in [0.1, 0.15) is 4.99 Å². The Morgan fingerprint density at radius 3 is 2.78 bits per heavy atom. The molecule has 3 heterocycles. The van der Waals surface area contributed by atoms with Crippen molar-refractivity contribution < 1.29 is 9.47 Å². The van der Waals surface area contributed by atoms with Gasteiger partial charge in [0, 0.05) is 23.5 Å². The molecule has 0 radical (unpaired) electrons. The lowest BCUT2D eigenvalue weighted by Gasteiger charge is -2.21. The van der Waals surface area contributed by atoms with E-state index in [-0.39, 0.29) is 0 Å². The Hall–Kier alpha value is -1.63. The molecule has 0 N–H and O–H groups in total. The van der Waals surface area contributed by atoms with Crippen molar-refractivity contribution in [2.45, 2.75) is 32.2 Å². The van der Waals surface area contributed by atoms with Gasteiger partial charge in [-0.1, -0.05) is 18.3 Å². The van der Waals surface area contributed by atoms with E-state index < -0.39 is 0 Å². The van der Waals surface area contributed by atoms with Gasteiger partial charge in [0.25, 0.3) is 0 Å². The van der Waals surface area contributed by atoms with Crippen LogP contribution in [0.4, 0.5) is 0 Å². The molecule has 0 atom stereocenters. The van der Waals surface area contributed by atoms with E-state index in [0.717, 1.165) is 54.7 Å². The summed E-state index contributed by atoms with van der Waals surface area (Å²) >= 11 is 7.55. The molecule has 2 aromatic rings. The fourth-order valence-corrected chi connectivity index (χ4v) is 4.82. The Labute approximate surface area is 170 Å². The molecule has 6 heteroatoms. The van der Waals surface area contributed by atoms with E-state index in [4.69, 9.17) is 21.7 Å². The maximum absolute atomic E-state index is 5.69. The summed E-state index contributed by atoms with van der Waals surface area (Å²) in [6.07, 6.45) is 4.87. The molecule has 1 aromatic carbocycles. The molecule has 0 bridgehead atoms. The van der Waals surface area contributed by atoms with Crippen LogP contribution in [0.15, 0.2) is 29.6 Å². The van der Waals surface area contributed by atoms with Gasteiger partial charge in [-0.3, -0.25) is 0 Å². The highest BCUT2D eigenvalue weighted by Crippen LogP contribution is 2.38. The molecule has 144 valence electrons. The molecule has 2 aliphatic heterocycles. The van der Waals surface area contributed by atoms with E-state index in [0.29, 0.717) is 6.79 Å². The number of thiocarbonyl (C=S) groups is 1. The Bertz CT molecular complexity index is 792. The average Bonchev–Trinajstić information content (AvgIpc) is 3.39. The van der Waals surface area contributed by atoms with Crippen LogP contribution in [0.5, 0.6) is 11.5 Å². The Balaban J connectivity index is 1.17. The first-order chi connectivity index (χ1) is 13.2. The zero-order valence-corrected chi connectivity index (χ0v) is 17.4. The zero-order valence-electron chi connectivity index (χ0n) is 15.8. The van der Waals surface area contributed by atoms with Gasteiger partial charge >= 0.3 is 0 Å². The molecule has 0 saturated heterocycles. The van der Waals surface area contributed by atoms with Crippen LogP contribution in [0.2, 0.25) is 0 Å². The first-order valence-corrected chi connectivity index (χ1v) is 10.9. The summed E-state index contributed by atoms with van der Waals surface area (Å²) in [5.41, 5.74) is 2.39. The molecule has 4 rings (SSSR count). The van der Waals surface area contributed by atoms with Crippen molar-refractivity contribution in [2.24, 2.45) is 0 Å². The van der Waals surface area contributed by atoms with Crippen molar-refractivity contribution in [3.63, 3.8) is 0 Å². The molecule has 0 amide bonds. The number of ether oxygens (including phenoxy) is 2. The number of benzene rings is 1. The predicted molar refractivity (Wildman–Crippen MR) is 114 cm³/mol. The van der Waals surface area contributed by atoms with Gasteiger partial charge in [0.2, 0.25) is 6.79 Å². The normalized spacial score (nSPS) is 15.0. The number of hydrogen-bond acceptors (Lipinski definition) is 5. The highest BCUT2D eigenvalue weighted by molar-refractivity contribution is 7.80. The number of fused-ring (bicyclic) bond motifs is 2. The Morgan fingerprint density at radius 2 is 1.96 bits per heavy atom. The summed E-state index contributed by atoms with van der Waals surface area (Å²) in [4.78, 5) is 7.19. The molecule has 0 aliphatic carbocycles. The summed E-state index contributed by atoms with van der Waals surface area (Å²) in [7, 11) is 2.22. The van der Waals surface area contributed by atoms with E-state index >= 15 is 0 Å². The van der Waals surface area contributed by atoms with Crippen molar-refractivity contribution in [3.8, 4) is 11.5 Å². The molecule has 1 aromatic heterocycles. The standard InChI is InChI=1S/C21H26N2O2S2/c1-22(8-3-2-6-17-7-4-11-27-17)9-5-10-23-14-16-12-19-20(25-15-24-19)13-18(16)21(23)26/h4,7,11-13H,2-3,5-6,8-10,14-15H2,1H3. The van der Waals surface area contributed by atoms with Gasteiger partial charge in [-0.25, -0.2) is 0 Å². The average molecular weight is 403 g/mol. The maximum Gasteiger partial charge on any atom is 0.231 e. The summed E-state index contributed by atoms with van der Waals surface area (Å²) in [5.74, 6) is 1.67. The second kappa shape index (κ2) is 8.59. The van der Waals surface area contributed by atoms with Gasteiger partial charge in [-0.05, 0) is 75.0 Å². The number of nitrogens with zero attached hydrogens (tertiary/aromatic N) is 2. The summed E-state index contributed by atoms with van der Waals surface area (Å²) in [5, 5.41) is 2.16. The third-order valence-electron chi connectivity index (χ3n) is 5.24. The summed E-state index contributed by atoms with van der Waals surface area (Å²) in [6.45, 7) is 4.47. The molecule has 0 fully saturated rings. The number of thiophene rings is 1. The lowest BCUT2D eigenvalue weighted by atomic mass is 10.1. The van der Waals surface area contributed by atoms with E-state index in [9.17, 15) is 0 Å². The van der Waals surface area contributed by atoms with Crippen LogP contribution < -0.4 is 9.47 Å². The van der Waals surface area contributed by atoms with Crippen molar-refractivity contribution in [2.75, 3.05) is 33.5 Å². The summed E-state index contributed by atoms with van der Waals surface area (Å²) in [6, 6.07) is 8.50. The smallest absolute Gasteiger partial charge is 0.231 e. The number of rotatable bonds is 9. The third-order valence-corrected chi connectivity index (χ3v) is 6.65. The Morgan fingerprint density at radius 1 is 1.15 bits per heavy atom. The predicted octanol–water partition coefficient (Wildman–Crippen LogP) is 4.31. The highest BCUT2D eigenvalue weighted by atomic mass is 32.1. The van der Waals surface area contributed by atoms with Crippen LogP contribution in [0.3, 0.4) is 0 Å². The molecule has 0 saturated carbocycles. The van der Waals surface area contributed by atoms with Crippen LogP contribution >= 0.6 is 23.6 Å². The van der Waals surface area contributed by atoms with Gasteiger partial charge in [0.05, 0.1) is 0 Å². The number of hydrogen-bond donors (Lipinski definition) is 0. The molecule has 27 heavy (non-hydrogen) atoms. The first-order valence-electron chi connectivity index (χ1n) is 9.63. The van der Waals surface area contributed by atoms with Gasteiger partial charge in [-0.2, -0.15) is 0 Å². The van der Waals surface area contributed by atoms with Crippen molar-refractivity contribution >= 4 is 28.5 Å². The fraction of sp³-hybridized carbons (Fsp3) is 0.476. The van der Waals surface area contributed by atoms with Gasteiger partial charge in [-0.15, -0.1) is 11.3 Å². The molecular formula is C21H26N2O2S2. The monoisotopic (exact) mass is 402 g/mol. The number of unbranched alkanes of at least 4 members (excludes halogenated alkanes) is 1. The highest BCUT2D eigenvalue weighted by Gasteiger charge is 2.27. The van der Waals surface area contributed by atoms with E-state index in [1.807, 2.05) is 17.4 Å². The van der Waals surface area contributed by atoms with E-state index in [1.165, 1.54) is 29.7 Å². The van der Waals surface area contributed by atoms with Crippen LogP contribution in [-0.4, -0.2) is 48.3 Å². The Kier molecular flexibility index (Phi) is 5.95.